The van der Waals surface area contributed by atoms with Gasteiger partial charge < -0.3 is 11.1 Å². The molecule has 0 saturated heterocycles. The zero-order chi connectivity index (χ0) is 30.6. The number of fused-ring (bicyclic) bond motifs is 1. The van der Waals surface area contributed by atoms with Crippen LogP contribution in [0.5, 0.6) is 0 Å². The van der Waals surface area contributed by atoms with E-state index in [-0.39, 0.29) is 12.0 Å². The van der Waals surface area contributed by atoms with E-state index in [2.05, 4.69) is 127 Å². The zero-order valence-corrected chi connectivity index (χ0v) is 26.2. The second kappa shape index (κ2) is 13.3. The quantitative estimate of drug-likeness (QED) is 0.142. The Morgan fingerprint density at radius 2 is 1.76 bits per heavy atom. The van der Waals surface area contributed by atoms with Gasteiger partial charge in [0, 0.05) is 28.6 Å². The molecule has 3 aliphatic carbocycles. The molecule has 1 aliphatic heterocycles. The summed E-state index contributed by atoms with van der Waals surface area (Å²) in [7, 11) is 0. The molecule has 4 N–H and O–H groups in total. The molecule has 4 nitrogen and oxygen atoms in total. The van der Waals surface area contributed by atoms with Crippen LogP contribution in [-0.2, 0) is 0 Å². The van der Waals surface area contributed by atoms with Gasteiger partial charge in [0.05, 0.1) is 11.1 Å². The summed E-state index contributed by atoms with van der Waals surface area (Å²) in [5, 5.41) is 15.2. The van der Waals surface area contributed by atoms with Crippen LogP contribution in [0.2, 0.25) is 0 Å². The molecule has 0 amide bonds. The lowest BCUT2D eigenvalue weighted by atomic mass is 9.85. The van der Waals surface area contributed by atoms with E-state index >= 15 is 0 Å². The van der Waals surface area contributed by atoms with Gasteiger partial charge in [-0.1, -0.05) is 109 Å². The lowest BCUT2D eigenvalue weighted by molar-refractivity contribution is 0.694. The SMILES string of the molecule is N=C(SCN)C1=CCCC(c2cc(C3=CC(C4=CC(c5ccccc5)NC(C5=CCCC=C5)=N4)CC=C3)c3ccccc3c2)=C1. The summed E-state index contributed by atoms with van der Waals surface area (Å²) in [6.07, 6.45) is 25.4. The maximum absolute atomic E-state index is 8.46. The first kappa shape index (κ1) is 29.3. The molecule has 7 rings (SSSR count). The van der Waals surface area contributed by atoms with Crippen molar-refractivity contribution >= 4 is 44.6 Å². The van der Waals surface area contributed by atoms with Crippen molar-refractivity contribution in [3.63, 3.8) is 0 Å². The van der Waals surface area contributed by atoms with Crippen LogP contribution in [-0.4, -0.2) is 16.8 Å². The van der Waals surface area contributed by atoms with Gasteiger partial charge >= 0.3 is 0 Å². The first-order valence-electron chi connectivity index (χ1n) is 15.9. The summed E-state index contributed by atoms with van der Waals surface area (Å²) in [6.45, 7) is 0. The third-order valence-corrected chi connectivity index (χ3v) is 9.58. The van der Waals surface area contributed by atoms with Gasteiger partial charge in [0.25, 0.3) is 0 Å². The average Bonchev–Trinajstić information content (AvgIpc) is 3.12. The summed E-state index contributed by atoms with van der Waals surface area (Å²) in [6, 6.07) is 24.1. The lowest BCUT2D eigenvalue weighted by Crippen LogP contribution is -2.32. The third-order valence-electron chi connectivity index (χ3n) is 8.89. The first-order chi connectivity index (χ1) is 22.2. The van der Waals surface area contributed by atoms with E-state index in [0.717, 1.165) is 49.2 Å². The highest BCUT2D eigenvalue weighted by atomic mass is 32.2. The Morgan fingerprint density at radius 3 is 2.60 bits per heavy atom. The lowest BCUT2D eigenvalue weighted by Gasteiger charge is -2.28. The normalized spacial score (nSPS) is 21.2. The predicted octanol–water partition coefficient (Wildman–Crippen LogP) is 9.43. The van der Waals surface area contributed by atoms with E-state index in [4.69, 9.17) is 16.1 Å². The molecule has 0 radical (unpaired) electrons. The van der Waals surface area contributed by atoms with Crippen molar-refractivity contribution in [2.24, 2.45) is 16.6 Å². The summed E-state index contributed by atoms with van der Waals surface area (Å²) < 4.78 is 0. The van der Waals surface area contributed by atoms with Crippen LogP contribution >= 0.6 is 11.8 Å². The minimum atomic E-state index is 0.0634. The molecule has 0 bridgehead atoms. The van der Waals surface area contributed by atoms with Crippen molar-refractivity contribution < 1.29 is 0 Å². The Bertz CT molecular complexity index is 1880. The van der Waals surface area contributed by atoms with Gasteiger partial charge in [0.1, 0.15) is 5.84 Å². The van der Waals surface area contributed by atoms with Gasteiger partial charge in [0.15, 0.2) is 0 Å². The maximum atomic E-state index is 8.46. The first-order valence-corrected chi connectivity index (χ1v) is 16.9. The fraction of sp³-hybridized carbons (Fsp3) is 0.200. The Balaban J connectivity index is 1.28. The van der Waals surface area contributed by atoms with Gasteiger partial charge in [-0.05, 0) is 95.0 Å². The Kier molecular flexibility index (Phi) is 8.63. The Hall–Kier alpha value is -4.45. The molecule has 4 aliphatic rings. The number of nitrogens with one attached hydrogen (secondary N) is 2. The summed E-state index contributed by atoms with van der Waals surface area (Å²) >= 11 is 1.39. The Labute approximate surface area is 270 Å². The minimum Gasteiger partial charge on any atom is -0.359 e. The van der Waals surface area contributed by atoms with E-state index in [0.29, 0.717) is 10.9 Å². The second-order valence-corrected chi connectivity index (χ2v) is 12.9. The number of amidine groups is 1. The summed E-state index contributed by atoms with van der Waals surface area (Å²) in [5.41, 5.74) is 15.2. The molecule has 1 heterocycles. The highest BCUT2D eigenvalue weighted by molar-refractivity contribution is 8.14. The molecular weight excluding hydrogens is 569 g/mol. The van der Waals surface area contributed by atoms with Crippen LogP contribution in [0.15, 0.2) is 143 Å². The Morgan fingerprint density at radius 1 is 0.911 bits per heavy atom. The molecule has 3 aromatic carbocycles. The van der Waals surface area contributed by atoms with Crippen molar-refractivity contribution in [3.05, 3.63) is 155 Å². The second-order valence-electron chi connectivity index (χ2n) is 11.8. The van der Waals surface area contributed by atoms with Crippen LogP contribution < -0.4 is 11.1 Å². The van der Waals surface area contributed by atoms with Crippen molar-refractivity contribution in [1.82, 2.24) is 5.32 Å². The molecule has 45 heavy (non-hydrogen) atoms. The largest absolute Gasteiger partial charge is 0.359 e. The highest BCUT2D eigenvalue weighted by Gasteiger charge is 2.25. The number of aliphatic imine (C=N–C) groups is 1. The van der Waals surface area contributed by atoms with E-state index in [1.165, 1.54) is 55.9 Å². The number of benzene rings is 3. The van der Waals surface area contributed by atoms with Crippen molar-refractivity contribution in [3.8, 4) is 0 Å². The molecule has 2 unspecified atom stereocenters. The monoisotopic (exact) mass is 606 g/mol. The zero-order valence-electron chi connectivity index (χ0n) is 25.4. The number of hydrogen-bond acceptors (Lipinski definition) is 5. The molecule has 5 heteroatoms. The molecule has 2 atom stereocenters. The van der Waals surface area contributed by atoms with Crippen LogP contribution in [0.25, 0.3) is 21.9 Å². The van der Waals surface area contributed by atoms with Crippen molar-refractivity contribution in [2.45, 2.75) is 38.1 Å². The van der Waals surface area contributed by atoms with E-state index in [9.17, 15) is 0 Å². The molecule has 0 saturated carbocycles. The topological polar surface area (TPSA) is 74.3 Å². The smallest absolute Gasteiger partial charge is 0.133 e. The van der Waals surface area contributed by atoms with Gasteiger partial charge in [-0.3, -0.25) is 5.41 Å². The highest BCUT2D eigenvalue weighted by Crippen LogP contribution is 2.38. The fourth-order valence-electron chi connectivity index (χ4n) is 6.60. The molecule has 0 aromatic heterocycles. The summed E-state index contributed by atoms with van der Waals surface area (Å²) in [5.74, 6) is 1.54. The van der Waals surface area contributed by atoms with Crippen molar-refractivity contribution in [2.75, 3.05) is 5.88 Å². The van der Waals surface area contributed by atoms with Crippen molar-refractivity contribution in [1.29, 1.82) is 5.41 Å². The van der Waals surface area contributed by atoms with Gasteiger partial charge in [0.2, 0.25) is 0 Å². The number of allylic oxidation sites excluding steroid dienone is 9. The maximum Gasteiger partial charge on any atom is 0.133 e. The molecule has 224 valence electrons. The number of hydrogen-bond donors (Lipinski definition) is 3. The number of nitrogens with zero attached hydrogens (tertiary/aromatic N) is 1. The van der Waals surface area contributed by atoms with Gasteiger partial charge in [-0.15, -0.1) is 0 Å². The van der Waals surface area contributed by atoms with Crippen LogP contribution in [0.4, 0.5) is 0 Å². The average molecular weight is 607 g/mol. The molecule has 0 spiro atoms. The molecule has 0 fully saturated rings. The van der Waals surface area contributed by atoms with E-state index in [1.54, 1.807) is 0 Å². The van der Waals surface area contributed by atoms with E-state index in [1.807, 2.05) is 0 Å². The van der Waals surface area contributed by atoms with Crippen LogP contribution in [0.3, 0.4) is 0 Å². The summed E-state index contributed by atoms with van der Waals surface area (Å²) in [4.78, 5) is 5.25. The van der Waals surface area contributed by atoms with Crippen LogP contribution in [0, 0.1) is 11.3 Å². The van der Waals surface area contributed by atoms with E-state index < -0.39 is 0 Å². The third kappa shape index (κ3) is 6.37. The molecular formula is C40H38N4S. The van der Waals surface area contributed by atoms with Gasteiger partial charge in [-0.2, -0.15) is 0 Å². The van der Waals surface area contributed by atoms with Gasteiger partial charge in [-0.25, -0.2) is 4.99 Å². The standard InChI is InChI=1S/C40H38N4S/c41-26-45-39(42)33-19-9-16-29(21-33)34-23-30-15-7-8-20-35(30)36(24-34)31-17-10-18-32(22-31)38-25-37(27-11-3-1-4-12-27)43-40(44-38)28-13-5-2-6-14-28/h1,3-5,7-8,10-15,17,19-25,32,37,42H,2,6,9,16,18,26,41H2,(H,43,44). The van der Waals surface area contributed by atoms with Crippen LogP contribution in [0.1, 0.15) is 54.8 Å². The molecule has 3 aromatic rings. The number of rotatable bonds is 7. The number of nitrogens with two attached hydrogens (primary N) is 1. The minimum absolute atomic E-state index is 0.0634. The predicted molar refractivity (Wildman–Crippen MR) is 193 cm³/mol. The fourth-order valence-corrected chi connectivity index (χ4v) is 7.07. The number of thioether (sulfide) groups is 1.